The van der Waals surface area contributed by atoms with Gasteiger partial charge in [-0.05, 0) is 41.3 Å². The van der Waals surface area contributed by atoms with Crippen molar-refractivity contribution in [3.63, 3.8) is 0 Å². The molecule has 0 spiro atoms. The molecular formula is C35H40N2O7-2. The minimum absolute atomic E-state index is 0.521. The van der Waals surface area contributed by atoms with Crippen LogP contribution in [-0.2, 0) is 23.7 Å². The highest BCUT2D eigenvalue weighted by atomic mass is 16.5. The summed E-state index contributed by atoms with van der Waals surface area (Å²) in [5.74, 6) is -2.54. The van der Waals surface area contributed by atoms with Crippen molar-refractivity contribution in [3.05, 3.63) is 96.4 Å². The van der Waals surface area contributed by atoms with Gasteiger partial charge in [-0.2, -0.15) is 0 Å². The molecule has 1 fully saturated rings. The number of benzene rings is 2. The number of carbonyl (C=O) groups is 1. The molecule has 0 amide bonds. The number of hydrogen-bond acceptors (Lipinski definition) is 9. The molecule has 1 aliphatic carbocycles. The van der Waals surface area contributed by atoms with Crippen LogP contribution in [0.2, 0.25) is 0 Å². The summed E-state index contributed by atoms with van der Waals surface area (Å²) in [6.07, 6.45) is 8.07. The van der Waals surface area contributed by atoms with Gasteiger partial charge in [-0.15, -0.1) is 6.10 Å². The largest absolute Gasteiger partial charge is 0.851 e. The fourth-order valence-electron chi connectivity index (χ4n) is 5.83. The van der Waals surface area contributed by atoms with Crippen LogP contribution in [0.1, 0.15) is 11.1 Å². The molecule has 0 aromatic heterocycles. The second kappa shape index (κ2) is 15.4. The SMILES string of the molecule is COCCOCCN1C=CC(=CC2C(=O)C([O-])C(C=C3C=CN(CCOCCOC)c4ccccc43)C2[O-])c2ccccc21. The van der Waals surface area contributed by atoms with Crippen LogP contribution in [-0.4, -0.2) is 84.9 Å². The summed E-state index contributed by atoms with van der Waals surface area (Å²) >= 11 is 0. The third-order valence-corrected chi connectivity index (χ3v) is 8.16. The van der Waals surface area contributed by atoms with Gasteiger partial charge >= 0.3 is 0 Å². The smallest absolute Gasteiger partial charge is 0.125 e. The molecule has 0 N–H and O–H groups in total. The number of allylic oxidation sites excluding steroid dienone is 4. The van der Waals surface area contributed by atoms with Crippen molar-refractivity contribution in [1.29, 1.82) is 0 Å². The van der Waals surface area contributed by atoms with E-state index in [0.717, 1.165) is 33.6 Å². The van der Waals surface area contributed by atoms with E-state index in [1.807, 2.05) is 73.1 Å². The zero-order valence-electron chi connectivity index (χ0n) is 25.3. The zero-order chi connectivity index (χ0) is 30.9. The number of fused-ring (bicyclic) bond motifs is 2. The van der Waals surface area contributed by atoms with Crippen LogP contribution in [0.25, 0.3) is 11.1 Å². The van der Waals surface area contributed by atoms with Crippen LogP contribution < -0.4 is 20.0 Å². The van der Waals surface area contributed by atoms with Crippen molar-refractivity contribution < 1.29 is 34.0 Å². The van der Waals surface area contributed by atoms with Crippen molar-refractivity contribution >= 4 is 28.3 Å². The number of hydrogen-bond donors (Lipinski definition) is 0. The molecule has 4 atom stereocenters. The Balaban J connectivity index is 1.32. The van der Waals surface area contributed by atoms with Gasteiger partial charge in [0.1, 0.15) is 5.78 Å². The second-order valence-electron chi connectivity index (χ2n) is 10.9. The Kier molecular flexibility index (Phi) is 11.2. The molecule has 5 rings (SSSR count). The normalized spacial score (nSPS) is 24.4. The highest BCUT2D eigenvalue weighted by molar-refractivity contribution is 5.95. The molecule has 3 aliphatic rings. The average molecular weight is 601 g/mol. The highest BCUT2D eigenvalue weighted by Crippen LogP contribution is 2.39. The Hall–Kier alpha value is -3.57. The number of ketones is 1. The summed E-state index contributed by atoms with van der Waals surface area (Å²) < 4.78 is 21.3. The Morgan fingerprint density at radius 1 is 0.705 bits per heavy atom. The molecule has 2 aromatic carbocycles. The van der Waals surface area contributed by atoms with Crippen molar-refractivity contribution in [2.75, 3.05) is 76.8 Å². The van der Waals surface area contributed by atoms with Gasteiger partial charge in [0.25, 0.3) is 0 Å². The lowest BCUT2D eigenvalue weighted by Crippen LogP contribution is -2.40. The first-order chi connectivity index (χ1) is 21.5. The molecule has 2 aromatic rings. The van der Waals surface area contributed by atoms with Gasteiger partial charge in [-0.1, -0.05) is 54.7 Å². The maximum Gasteiger partial charge on any atom is 0.125 e. The van der Waals surface area contributed by atoms with E-state index in [9.17, 15) is 15.0 Å². The first-order valence-corrected chi connectivity index (χ1v) is 15.0. The topological polar surface area (TPSA) is 107 Å². The molecule has 234 valence electrons. The molecular weight excluding hydrogens is 560 g/mol. The number of anilines is 2. The lowest BCUT2D eigenvalue weighted by molar-refractivity contribution is -0.458. The molecule has 9 nitrogen and oxygen atoms in total. The Morgan fingerprint density at radius 2 is 1.20 bits per heavy atom. The van der Waals surface area contributed by atoms with E-state index in [1.54, 1.807) is 26.4 Å². The van der Waals surface area contributed by atoms with Crippen LogP contribution in [0.3, 0.4) is 0 Å². The fourth-order valence-corrected chi connectivity index (χ4v) is 5.83. The van der Waals surface area contributed by atoms with Gasteiger partial charge in [-0.25, -0.2) is 0 Å². The predicted molar refractivity (Wildman–Crippen MR) is 167 cm³/mol. The van der Waals surface area contributed by atoms with E-state index >= 15 is 0 Å². The monoisotopic (exact) mass is 600 g/mol. The van der Waals surface area contributed by atoms with Gasteiger partial charge in [0.15, 0.2) is 0 Å². The Bertz CT molecular complexity index is 1400. The van der Waals surface area contributed by atoms with E-state index in [1.165, 1.54) is 0 Å². The fraction of sp³-hybridized carbons (Fsp3) is 0.400. The highest BCUT2D eigenvalue weighted by Gasteiger charge is 2.37. The van der Waals surface area contributed by atoms with Crippen molar-refractivity contribution in [2.45, 2.75) is 12.2 Å². The van der Waals surface area contributed by atoms with E-state index < -0.39 is 29.8 Å². The van der Waals surface area contributed by atoms with Crippen LogP contribution >= 0.6 is 0 Å². The van der Waals surface area contributed by atoms with Gasteiger partial charge in [0.2, 0.25) is 0 Å². The molecule has 44 heavy (non-hydrogen) atoms. The molecule has 9 heteroatoms. The Morgan fingerprint density at radius 3 is 1.73 bits per heavy atom. The van der Waals surface area contributed by atoms with Crippen LogP contribution in [0.4, 0.5) is 11.4 Å². The molecule has 2 heterocycles. The summed E-state index contributed by atoms with van der Waals surface area (Å²) in [5.41, 5.74) is 5.28. The third-order valence-electron chi connectivity index (χ3n) is 8.16. The van der Waals surface area contributed by atoms with Crippen LogP contribution in [0.15, 0.2) is 85.2 Å². The average Bonchev–Trinajstić information content (AvgIpc) is 3.24. The van der Waals surface area contributed by atoms with E-state index in [0.29, 0.717) is 52.7 Å². The minimum Gasteiger partial charge on any atom is -0.851 e. The summed E-state index contributed by atoms with van der Waals surface area (Å²) in [5, 5.41) is 27.0. The Labute approximate surface area is 259 Å². The van der Waals surface area contributed by atoms with Gasteiger partial charge in [0, 0.05) is 68.1 Å². The van der Waals surface area contributed by atoms with Gasteiger partial charge in [-0.3, -0.25) is 0 Å². The molecule has 2 aliphatic heterocycles. The maximum atomic E-state index is 13.7. The van der Waals surface area contributed by atoms with E-state index in [-0.39, 0.29) is 0 Å². The third kappa shape index (κ3) is 7.21. The maximum absolute atomic E-state index is 13.7. The lowest BCUT2D eigenvalue weighted by atomic mass is 9.91. The summed E-state index contributed by atoms with van der Waals surface area (Å²) in [4.78, 5) is 17.4. The number of para-hydroxylation sites is 2. The van der Waals surface area contributed by atoms with Crippen molar-refractivity contribution in [3.8, 4) is 0 Å². The van der Waals surface area contributed by atoms with Crippen molar-refractivity contribution in [2.24, 2.45) is 11.8 Å². The summed E-state index contributed by atoms with van der Waals surface area (Å²) in [6, 6.07) is 15.7. The number of carbonyl (C=O) groups excluding carboxylic acids is 1. The van der Waals surface area contributed by atoms with Crippen LogP contribution in [0.5, 0.6) is 0 Å². The lowest BCUT2D eigenvalue weighted by Gasteiger charge is -2.33. The van der Waals surface area contributed by atoms with Gasteiger partial charge < -0.3 is 43.8 Å². The van der Waals surface area contributed by atoms with Crippen LogP contribution in [0, 0.1) is 11.8 Å². The van der Waals surface area contributed by atoms with E-state index in [2.05, 4.69) is 9.80 Å². The first-order valence-electron chi connectivity index (χ1n) is 15.0. The summed E-state index contributed by atoms with van der Waals surface area (Å²) in [6.45, 7) is 4.45. The summed E-state index contributed by atoms with van der Waals surface area (Å²) in [7, 11) is 3.28. The standard InChI is InChI=1S/C35H40N2O7/c1-41-19-21-43-17-15-36-13-11-25(27-7-3-5-9-31(27)36)23-29-33(38)30(35(40)34(29)39)24-26-12-14-37(16-18-44-22-20-42-2)32-10-6-4-8-28(26)32/h3-14,23-24,29-30,33-34H,15-22H2,1-2H3/q-2. The molecule has 0 saturated heterocycles. The molecule has 1 saturated carbocycles. The van der Waals surface area contributed by atoms with Gasteiger partial charge in [0.05, 0.1) is 39.6 Å². The zero-order valence-corrected chi connectivity index (χ0v) is 25.3. The second-order valence-corrected chi connectivity index (χ2v) is 10.9. The number of rotatable bonds is 14. The van der Waals surface area contributed by atoms with Crippen molar-refractivity contribution in [1.82, 2.24) is 0 Å². The first kappa shape index (κ1) is 31.8. The number of methoxy groups -OCH3 is 2. The number of Topliss-reactive ketones (excluding diaryl/α,β-unsaturated/α-hetero) is 1. The van der Waals surface area contributed by atoms with E-state index in [4.69, 9.17) is 18.9 Å². The molecule has 0 radical (unpaired) electrons. The quantitative estimate of drug-likeness (QED) is 0.302. The minimum atomic E-state index is -1.62. The molecule has 4 unspecified atom stereocenters. The number of nitrogens with zero attached hydrogens (tertiary/aromatic N) is 2. The number of ether oxygens (including phenoxy) is 4. The molecule has 0 bridgehead atoms. The predicted octanol–water partition coefficient (Wildman–Crippen LogP) is 2.42.